The Morgan fingerprint density at radius 3 is 2.82 bits per heavy atom. The minimum Gasteiger partial charge on any atom is -0.488 e. The molecule has 1 aromatic heterocycles. The first-order valence-electron chi connectivity index (χ1n) is 5.04. The normalized spacial score (nSPS) is 10.5. The molecule has 0 saturated carbocycles. The Bertz CT molecular complexity index is 515. The van der Waals surface area contributed by atoms with Crippen LogP contribution in [-0.2, 0) is 13.2 Å². The smallest absolute Gasteiger partial charge is 0.125 e. The molecule has 0 aliphatic heterocycles. The van der Waals surface area contributed by atoms with Crippen molar-refractivity contribution < 1.29 is 4.74 Å². The molecule has 2 rings (SSSR count). The van der Waals surface area contributed by atoms with Crippen molar-refractivity contribution in [3.05, 3.63) is 49.6 Å². The fourth-order valence-corrected chi connectivity index (χ4v) is 3.06. The summed E-state index contributed by atoms with van der Waals surface area (Å²) in [6.45, 7) is 0.895. The lowest BCUT2D eigenvalue weighted by molar-refractivity contribution is 0.306. The third-order valence-electron chi connectivity index (χ3n) is 2.33. The zero-order chi connectivity index (χ0) is 12.3. The van der Waals surface area contributed by atoms with Gasteiger partial charge in [0.25, 0.3) is 0 Å². The van der Waals surface area contributed by atoms with Gasteiger partial charge in [0, 0.05) is 21.6 Å². The summed E-state index contributed by atoms with van der Waals surface area (Å²) in [5.74, 6) is 0.750. The molecule has 1 heterocycles. The monoisotopic (exact) mass is 331 g/mol. The van der Waals surface area contributed by atoms with E-state index in [1.807, 2.05) is 29.6 Å². The van der Waals surface area contributed by atoms with E-state index < -0.39 is 0 Å². The van der Waals surface area contributed by atoms with Crippen LogP contribution in [0.3, 0.4) is 0 Å². The Morgan fingerprint density at radius 1 is 1.35 bits per heavy atom. The van der Waals surface area contributed by atoms with E-state index in [1.54, 1.807) is 11.3 Å². The standard InChI is InChI=1S/C12H11BrClNOS/c13-9-4-5-17-12(9)7-16-11-3-1-2-10(14)8(11)6-15/h1-5H,6-7,15H2. The van der Waals surface area contributed by atoms with E-state index in [-0.39, 0.29) is 0 Å². The summed E-state index contributed by atoms with van der Waals surface area (Å²) in [4.78, 5) is 1.15. The Balaban J connectivity index is 2.14. The van der Waals surface area contributed by atoms with Crippen LogP contribution < -0.4 is 10.5 Å². The zero-order valence-corrected chi connectivity index (χ0v) is 12.1. The van der Waals surface area contributed by atoms with Gasteiger partial charge >= 0.3 is 0 Å². The van der Waals surface area contributed by atoms with E-state index in [9.17, 15) is 0 Å². The van der Waals surface area contributed by atoms with Gasteiger partial charge in [-0.15, -0.1) is 11.3 Å². The average molecular weight is 333 g/mol. The summed E-state index contributed by atoms with van der Waals surface area (Å²) in [7, 11) is 0. The molecule has 0 aliphatic rings. The van der Waals surface area contributed by atoms with Crippen molar-refractivity contribution in [3.8, 4) is 5.75 Å². The highest BCUT2D eigenvalue weighted by atomic mass is 79.9. The van der Waals surface area contributed by atoms with Crippen LogP contribution >= 0.6 is 38.9 Å². The first-order chi connectivity index (χ1) is 8.22. The van der Waals surface area contributed by atoms with Gasteiger partial charge in [-0.2, -0.15) is 0 Å². The van der Waals surface area contributed by atoms with Gasteiger partial charge in [-0.05, 0) is 39.5 Å². The molecule has 0 atom stereocenters. The molecule has 0 aliphatic carbocycles. The first kappa shape index (κ1) is 12.9. The molecule has 0 amide bonds. The van der Waals surface area contributed by atoms with Crippen molar-refractivity contribution in [1.82, 2.24) is 0 Å². The van der Waals surface area contributed by atoms with Crippen LogP contribution in [-0.4, -0.2) is 0 Å². The molecule has 0 radical (unpaired) electrons. The van der Waals surface area contributed by atoms with Crippen LogP contribution in [0.5, 0.6) is 5.75 Å². The van der Waals surface area contributed by atoms with E-state index in [1.165, 1.54) is 0 Å². The summed E-state index contributed by atoms with van der Waals surface area (Å²) in [5, 5.41) is 2.67. The second kappa shape index (κ2) is 5.87. The molecule has 1 aromatic carbocycles. The molecule has 2 aromatic rings. The third-order valence-corrected chi connectivity index (χ3v) is 4.58. The maximum absolute atomic E-state index is 6.05. The van der Waals surface area contributed by atoms with Crippen LogP contribution in [0.2, 0.25) is 5.02 Å². The van der Waals surface area contributed by atoms with E-state index in [0.717, 1.165) is 20.7 Å². The lowest BCUT2D eigenvalue weighted by Gasteiger charge is -2.11. The molecule has 90 valence electrons. The quantitative estimate of drug-likeness (QED) is 0.910. The molecule has 2 N–H and O–H groups in total. The van der Waals surface area contributed by atoms with Crippen molar-refractivity contribution >= 4 is 38.9 Å². The molecule has 5 heteroatoms. The van der Waals surface area contributed by atoms with Crippen molar-refractivity contribution in [2.75, 3.05) is 0 Å². The number of rotatable bonds is 4. The molecule has 0 fully saturated rings. The number of ether oxygens (including phenoxy) is 1. The zero-order valence-electron chi connectivity index (χ0n) is 8.95. The SMILES string of the molecule is NCc1c(Cl)cccc1OCc1sccc1Br. The Kier molecular flexibility index (Phi) is 4.45. The Hall–Kier alpha value is -0.550. The second-order valence-corrected chi connectivity index (χ2v) is 5.66. The van der Waals surface area contributed by atoms with Gasteiger partial charge in [0.15, 0.2) is 0 Å². The molecule has 2 nitrogen and oxygen atoms in total. The Labute approximate surface area is 117 Å². The van der Waals surface area contributed by atoms with E-state index in [4.69, 9.17) is 22.1 Å². The number of hydrogen-bond acceptors (Lipinski definition) is 3. The maximum Gasteiger partial charge on any atom is 0.125 e. The number of thiophene rings is 1. The molecular formula is C12H11BrClNOS. The molecular weight excluding hydrogens is 322 g/mol. The number of nitrogens with two attached hydrogens (primary N) is 1. The average Bonchev–Trinajstić information content (AvgIpc) is 2.72. The van der Waals surface area contributed by atoms with Gasteiger partial charge in [-0.3, -0.25) is 0 Å². The highest BCUT2D eigenvalue weighted by molar-refractivity contribution is 9.10. The minimum atomic E-state index is 0.376. The fourth-order valence-electron chi connectivity index (χ4n) is 1.44. The summed E-state index contributed by atoms with van der Waals surface area (Å²) >= 11 is 11.2. The molecule has 0 spiro atoms. The fraction of sp³-hybridized carbons (Fsp3) is 0.167. The summed E-state index contributed by atoms with van der Waals surface area (Å²) in [5.41, 5.74) is 6.51. The summed E-state index contributed by atoms with van der Waals surface area (Å²) in [6.07, 6.45) is 0. The number of hydrogen-bond donors (Lipinski definition) is 1. The van der Waals surface area contributed by atoms with Crippen LogP contribution in [0.25, 0.3) is 0 Å². The van der Waals surface area contributed by atoms with Gasteiger partial charge in [0.1, 0.15) is 12.4 Å². The van der Waals surface area contributed by atoms with Crippen LogP contribution in [0.1, 0.15) is 10.4 Å². The van der Waals surface area contributed by atoms with Crippen molar-refractivity contribution in [2.24, 2.45) is 5.73 Å². The van der Waals surface area contributed by atoms with Gasteiger partial charge in [-0.25, -0.2) is 0 Å². The van der Waals surface area contributed by atoms with Gasteiger partial charge in [0.05, 0.1) is 4.88 Å². The molecule has 17 heavy (non-hydrogen) atoms. The predicted molar refractivity (Wildman–Crippen MR) is 75.7 cm³/mol. The van der Waals surface area contributed by atoms with Crippen molar-refractivity contribution in [2.45, 2.75) is 13.2 Å². The van der Waals surface area contributed by atoms with Crippen LogP contribution in [0.4, 0.5) is 0 Å². The van der Waals surface area contributed by atoms with E-state index in [0.29, 0.717) is 18.2 Å². The predicted octanol–water partition coefficient (Wildman–Crippen LogP) is 4.20. The topological polar surface area (TPSA) is 35.2 Å². The number of benzene rings is 1. The van der Waals surface area contributed by atoms with Crippen molar-refractivity contribution in [3.63, 3.8) is 0 Å². The second-order valence-electron chi connectivity index (χ2n) is 3.40. The molecule has 0 bridgehead atoms. The third kappa shape index (κ3) is 3.01. The van der Waals surface area contributed by atoms with Crippen LogP contribution in [0, 0.1) is 0 Å². The molecule has 0 unspecified atom stereocenters. The largest absolute Gasteiger partial charge is 0.488 e. The minimum absolute atomic E-state index is 0.376. The van der Waals surface area contributed by atoms with Gasteiger partial charge in [-0.1, -0.05) is 17.7 Å². The van der Waals surface area contributed by atoms with Gasteiger partial charge < -0.3 is 10.5 Å². The van der Waals surface area contributed by atoms with Gasteiger partial charge in [0.2, 0.25) is 0 Å². The summed E-state index contributed by atoms with van der Waals surface area (Å²) in [6, 6.07) is 7.57. The lowest BCUT2D eigenvalue weighted by atomic mass is 10.2. The first-order valence-corrected chi connectivity index (χ1v) is 7.09. The number of halogens is 2. The maximum atomic E-state index is 6.05. The van der Waals surface area contributed by atoms with Crippen molar-refractivity contribution in [1.29, 1.82) is 0 Å². The highest BCUT2D eigenvalue weighted by Crippen LogP contribution is 2.29. The van der Waals surface area contributed by atoms with E-state index in [2.05, 4.69) is 15.9 Å². The van der Waals surface area contributed by atoms with E-state index >= 15 is 0 Å². The lowest BCUT2D eigenvalue weighted by Crippen LogP contribution is -2.03. The molecule has 0 saturated heterocycles. The Morgan fingerprint density at radius 2 is 2.18 bits per heavy atom. The highest BCUT2D eigenvalue weighted by Gasteiger charge is 2.08. The van der Waals surface area contributed by atoms with Crippen LogP contribution in [0.15, 0.2) is 34.1 Å². The summed E-state index contributed by atoms with van der Waals surface area (Å²) < 4.78 is 6.82.